The van der Waals surface area contributed by atoms with Gasteiger partial charge in [-0.1, -0.05) is 6.07 Å². The van der Waals surface area contributed by atoms with E-state index >= 15 is 0 Å². The fourth-order valence-electron chi connectivity index (χ4n) is 2.47. The number of aromatic carboxylic acids is 1. The van der Waals surface area contributed by atoms with E-state index in [0.29, 0.717) is 16.8 Å². The van der Waals surface area contributed by atoms with E-state index in [0.717, 1.165) is 0 Å². The van der Waals surface area contributed by atoms with Crippen molar-refractivity contribution in [2.45, 2.75) is 18.8 Å². The summed E-state index contributed by atoms with van der Waals surface area (Å²) in [6, 6.07) is 5.69. The van der Waals surface area contributed by atoms with Gasteiger partial charge in [0.25, 0.3) is 5.56 Å². The third kappa shape index (κ3) is 2.07. The van der Waals surface area contributed by atoms with Crippen LogP contribution in [0.5, 0.6) is 0 Å². The molecule has 0 unspecified atom stereocenters. The summed E-state index contributed by atoms with van der Waals surface area (Å²) in [6.07, 6.45) is 4.86. The summed E-state index contributed by atoms with van der Waals surface area (Å²) in [5.41, 5.74) is 1.51. The standard InChI is InChI=1S/C15H12N4O3/c20-13-11-5-9(8-1-2-8)3-4-12(11)17-15(18-13)19-7-10(6-16-19)14(21)22/h3-8H,1-2H2,(H,21,22)(H,17,18,20). The Bertz CT molecular complexity index is 953. The van der Waals surface area contributed by atoms with E-state index < -0.39 is 5.97 Å². The minimum Gasteiger partial charge on any atom is -0.478 e. The molecule has 7 heteroatoms. The number of benzene rings is 1. The van der Waals surface area contributed by atoms with Crippen LogP contribution in [0.25, 0.3) is 16.9 Å². The largest absolute Gasteiger partial charge is 0.478 e. The fourth-order valence-corrected chi connectivity index (χ4v) is 2.47. The molecule has 0 saturated heterocycles. The number of hydrogen-bond acceptors (Lipinski definition) is 4. The molecule has 2 heterocycles. The second-order valence-electron chi connectivity index (χ2n) is 5.42. The number of rotatable bonds is 3. The molecule has 0 aliphatic heterocycles. The van der Waals surface area contributed by atoms with E-state index in [1.54, 1.807) is 0 Å². The molecule has 1 aliphatic carbocycles. The average molecular weight is 296 g/mol. The first-order valence-corrected chi connectivity index (χ1v) is 6.94. The van der Waals surface area contributed by atoms with Crippen molar-refractivity contribution in [1.29, 1.82) is 0 Å². The Kier molecular flexibility index (Phi) is 2.62. The topological polar surface area (TPSA) is 101 Å². The summed E-state index contributed by atoms with van der Waals surface area (Å²) in [5, 5.41) is 13.4. The molecule has 1 aliphatic rings. The van der Waals surface area contributed by atoms with E-state index in [-0.39, 0.29) is 17.1 Å². The van der Waals surface area contributed by atoms with Gasteiger partial charge in [-0.05, 0) is 36.5 Å². The first kappa shape index (κ1) is 12.8. The van der Waals surface area contributed by atoms with Crippen LogP contribution in [0.15, 0.2) is 35.4 Å². The summed E-state index contributed by atoms with van der Waals surface area (Å²) in [4.78, 5) is 30.1. The van der Waals surface area contributed by atoms with Gasteiger partial charge in [-0.15, -0.1) is 0 Å². The van der Waals surface area contributed by atoms with Gasteiger partial charge < -0.3 is 5.11 Å². The molecule has 110 valence electrons. The third-order valence-electron chi connectivity index (χ3n) is 3.81. The summed E-state index contributed by atoms with van der Waals surface area (Å²) in [7, 11) is 0. The molecule has 2 N–H and O–H groups in total. The number of nitrogens with zero attached hydrogens (tertiary/aromatic N) is 3. The van der Waals surface area contributed by atoms with Crippen molar-refractivity contribution >= 4 is 16.9 Å². The maximum absolute atomic E-state index is 12.3. The predicted octanol–water partition coefficient (Wildman–Crippen LogP) is 1.68. The first-order chi connectivity index (χ1) is 10.6. The predicted molar refractivity (Wildman–Crippen MR) is 78.4 cm³/mol. The van der Waals surface area contributed by atoms with Gasteiger partial charge in [-0.25, -0.2) is 14.5 Å². The number of nitrogens with one attached hydrogen (secondary N) is 1. The van der Waals surface area contributed by atoms with Crippen molar-refractivity contribution in [3.63, 3.8) is 0 Å². The Balaban J connectivity index is 1.83. The van der Waals surface area contributed by atoms with Crippen LogP contribution in [0, 0.1) is 0 Å². The highest BCUT2D eigenvalue weighted by Crippen LogP contribution is 2.40. The number of carboxylic acids is 1. The highest BCUT2D eigenvalue weighted by molar-refractivity contribution is 5.87. The Morgan fingerprint density at radius 2 is 2.18 bits per heavy atom. The van der Waals surface area contributed by atoms with Crippen LogP contribution in [0.2, 0.25) is 0 Å². The van der Waals surface area contributed by atoms with Crippen molar-refractivity contribution < 1.29 is 9.90 Å². The molecule has 3 aromatic rings. The van der Waals surface area contributed by atoms with E-state index in [2.05, 4.69) is 15.1 Å². The summed E-state index contributed by atoms with van der Waals surface area (Å²) in [5.74, 6) is -0.319. The summed E-state index contributed by atoms with van der Waals surface area (Å²) < 4.78 is 1.25. The normalized spacial score (nSPS) is 14.4. The lowest BCUT2D eigenvalue weighted by atomic mass is 10.1. The van der Waals surface area contributed by atoms with Crippen molar-refractivity contribution in [3.05, 3.63) is 52.1 Å². The molecule has 0 spiro atoms. The van der Waals surface area contributed by atoms with Crippen LogP contribution in [-0.2, 0) is 0 Å². The van der Waals surface area contributed by atoms with Gasteiger partial charge in [-0.2, -0.15) is 5.10 Å². The number of carbonyl (C=O) groups is 1. The number of aromatic nitrogens is 4. The first-order valence-electron chi connectivity index (χ1n) is 6.94. The minimum absolute atomic E-state index is 0.0341. The van der Waals surface area contributed by atoms with Crippen LogP contribution in [0.4, 0.5) is 0 Å². The van der Waals surface area contributed by atoms with Gasteiger partial charge >= 0.3 is 5.97 Å². The number of hydrogen-bond donors (Lipinski definition) is 2. The molecule has 4 rings (SSSR count). The molecule has 1 aromatic carbocycles. The van der Waals surface area contributed by atoms with E-state index in [1.165, 1.54) is 35.5 Å². The second kappa shape index (κ2) is 4.52. The Morgan fingerprint density at radius 3 is 2.86 bits per heavy atom. The number of H-pyrrole nitrogens is 1. The van der Waals surface area contributed by atoms with E-state index in [4.69, 9.17) is 5.11 Å². The maximum Gasteiger partial charge on any atom is 0.338 e. The Hall–Kier alpha value is -2.96. The maximum atomic E-state index is 12.3. The summed E-state index contributed by atoms with van der Waals surface area (Å²) >= 11 is 0. The molecule has 0 bridgehead atoms. The quantitative estimate of drug-likeness (QED) is 0.766. The fraction of sp³-hybridized carbons (Fsp3) is 0.200. The molecular weight excluding hydrogens is 284 g/mol. The smallest absolute Gasteiger partial charge is 0.338 e. The molecule has 0 amide bonds. The van der Waals surface area contributed by atoms with Gasteiger partial charge in [0.15, 0.2) is 0 Å². The molecule has 1 fully saturated rings. The minimum atomic E-state index is -1.08. The van der Waals surface area contributed by atoms with E-state index in [9.17, 15) is 9.59 Å². The molecule has 7 nitrogen and oxygen atoms in total. The van der Waals surface area contributed by atoms with Crippen molar-refractivity contribution in [2.75, 3.05) is 0 Å². The lowest BCUT2D eigenvalue weighted by Crippen LogP contribution is -2.14. The zero-order valence-electron chi connectivity index (χ0n) is 11.5. The summed E-state index contributed by atoms with van der Waals surface area (Å²) in [6.45, 7) is 0. The zero-order chi connectivity index (χ0) is 15.3. The van der Waals surface area contributed by atoms with Crippen LogP contribution in [0.1, 0.15) is 34.7 Å². The number of aromatic amines is 1. The van der Waals surface area contributed by atoms with Crippen LogP contribution < -0.4 is 5.56 Å². The monoisotopic (exact) mass is 296 g/mol. The molecule has 22 heavy (non-hydrogen) atoms. The van der Waals surface area contributed by atoms with Crippen LogP contribution in [0.3, 0.4) is 0 Å². The Labute approximate surface area is 124 Å². The molecular formula is C15H12N4O3. The van der Waals surface area contributed by atoms with Crippen LogP contribution in [-0.4, -0.2) is 30.8 Å². The van der Waals surface area contributed by atoms with Crippen LogP contribution >= 0.6 is 0 Å². The van der Waals surface area contributed by atoms with Gasteiger partial charge in [0.1, 0.15) is 0 Å². The lowest BCUT2D eigenvalue weighted by molar-refractivity contribution is 0.0697. The SMILES string of the molecule is O=C(O)c1cnn(-c2nc3ccc(C4CC4)cc3c(=O)[nH]2)c1. The molecule has 2 aromatic heterocycles. The number of fused-ring (bicyclic) bond motifs is 1. The highest BCUT2D eigenvalue weighted by Gasteiger charge is 2.24. The number of carboxylic acid groups (broad SMARTS) is 1. The highest BCUT2D eigenvalue weighted by atomic mass is 16.4. The average Bonchev–Trinajstić information content (AvgIpc) is 3.23. The van der Waals surface area contributed by atoms with Crippen molar-refractivity contribution in [1.82, 2.24) is 19.7 Å². The molecule has 1 saturated carbocycles. The second-order valence-corrected chi connectivity index (χ2v) is 5.42. The molecule has 0 atom stereocenters. The zero-order valence-corrected chi connectivity index (χ0v) is 11.5. The van der Waals surface area contributed by atoms with Crippen molar-refractivity contribution in [3.8, 4) is 5.95 Å². The van der Waals surface area contributed by atoms with Gasteiger partial charge in [0, 0.05) is 6.20 Å². The van der Waals surface area contributed by atoms with E-state index in [1.807, 2.05) is 18.2 Å². The van der Waals surface area contributed by atoms with Gasteiger partial charge in [-0.3, -0.25) is 9.78 Å². The Morgan fingerprint density at radius 1 is 1.36 bits per heavy atom. The lowest BCUT2D eigenvalue weighted by Gasteiger charge is -2.04. The van der Waals surface area contributed by atoms with Crippen molar-refractivity contribution in [2.24, 2.45) is 0 Å². The third-order valence-corrected chi connectivity index (χ3v) is 3.81. The van der Waals surface area contributed by atoms with Gasteiger partial charge in [0.05, 0.1) is 22.7 Å². The van der Waals surface area contributed by atoms with Gasteiger partial charge in [0.2, 0.25) is 5.95 Å². The molecule has 0 radical (unpaired) electrons.